The number of benzene rings is 1. The molecule has 0 aliphatic heterocycles. The van der Waals surface area contributed by atoms with Gasteiger partial charge in [-0.1, -0.05) is 15.9 Å². The van der Waals surface area contributed by atoms with Gasteiger partial charge in [0.05, 0.1) is 6.61 Å². The third-order valence-corrected chi connectivity index (χ3v) is 2.62. The molecule has 0 aliphatic carbocycles. The van der Waals surface area contributed by atoms with Gasteiger partial charge in [-0.05, 0) is 18.2 Å². The zero-order valence-corrected chi connectivity index (χ0v) is 10.6. The number of aliphatic hydroxyl groups is 1. The van der Waals surface area contributed by atoms with Crippen molar-refractivity contribution in [3.8, 4) is 11.6 Å². The SMILES string of the molecule is OCc1ccnc(Oc2cc(F)cc(Br)c2)c1F. The van der Waals surface area contributed by atoms with Crippen LogP contribution in [0.25, 0.3) is 0 Å². The van der Waals surface area contributed by atoms with E-state index in [1.54, 1.807) is 0 Å². The Balaban J connectivity index is 2.34. The Labute approximate surface area is 110 Å². The highest BCUT2D eigenvalue weighted by atomic mass is 79.9. The fourth-order valence-electron chi connectivity index (χ4n) is 1.35. The van der Waals surface area contributed by atoms with Crippen molar-refractivity contribution < 1.29 is 18.6 Å². The molecular formula is C12H8BrF2NO2. The Kier molecular flexibility index (Phi) is 3.88. The van der Waals surface area contributed by atoms with Crippen molar-refractivity contribution in [1.29, 1.82) is 0 Å². The number of hydrogen-bond acceptors (Lipinski definition) is 3. The van der Waals surface area contributed by atoms with E-state index in [2.05, 4.69) is 20.9 Å². The molecular weight excluding hydrogens is 308 g/mol. The largest absolute Gasteiger partial charge is 0.436 e. The second-order valence-corrected chi connectivity index (χ2v) is 4.37. The van der Waals surface area contributed by atoms with Crippen molar-refractivity contribution in [2.75, 3.05) is 0 Å². The van der Waals surface area contributed by atoms with Crippen LogP contribution >= 0.6 is 15.9 Å². The third kappa shape index (κ3) is 2.83. The van der Waals surface area contributed by atoms with E-state index in [4.69, 9.17) is 9.84 Å². The molecule has 0 spiro atoms. The summed E-state index contributed by atoms with van der Waals surface area (Å²) in [4.78, 5) is 3.70. The summed E-state index contributed by atoms with van der Waals surface area (Å²) in [5.74, 6) is -1.47. The average molecular weight is 316 g/mol. The molecule has 0 unspecified atom stereocenters. The number of halogens is 3. The lowest BCUT2D eigenvalue weighted by atomic mass is 10.2. The predicted octanol–water partition coefficient (Wildman–Crippen LogP) is 3.41. The second-order valence-electron chi connectivity index (χ2n) is 3.45. The minimum absolute atomic E-state index is 0.0652. The van der Waals surface area contributed by atoms with Crippen LogP contribution in [0.2, 0.25) is 0 Å². The van der Waals surface area contributed by atoms with E-state index in [-0.39, 0.29) is 17.2 Å². The van der Waals surface area contributed by atoms with Crippen molar-refractivity contribution in [3.05, 3.63) is 52.1 Å². The maximum atomic E-state index is 13.7. The fourth-order valence-corrected chi connectivity index (χ4v) is 1.80. The lowest BCUT2D eigenvalue weighted by Crippen LogP contribution is -1.97. The van der Waals surface area contributed by atoms with Gasteiger partial charge in [-0.3, -0.25) is 0 Å². The first-order valence-corrected chi connectivity index (χ1v) is 5.77. The molecule has 1 aromatic carbocycles. The molecule has 1 aromatic heterocycles. The van der Waals surface area contributed by atoms with Gasteiger partial charge >= 0.3 is 0 Å². The Hall–Kier alpha value is -1.53. The lowest BCUT2D eigenvalue weighted by molar-refractivity contribution is 0.273. The summed E-state index contributed by atoms with van der Waals surface area (Å²) in [6.45, 7) is -0.461. The van der Waals surface area contributed by atoms with Crippen LogP contribution in [0.1, 0.15) is 5.56 Å². The second kappa shape index (κ2) is 5.41. The first-order valence-electron chi connectivity index (χ1n) is 4.98. The summed E-state index contributed by atoms with van der Waals surface area (Å²) < 4.78 is 32.4. The number of aromatic nitrogens is 1. The number of pyridine rings is 1. The topological polar surface area (TPSA) is 42.4 Å². The van der Waals surface area contributed by atoms with E-state index in [9.17, 15) is 8.78 Å². The summed E-state index contributed by atoms with van der Waals surface area (Å²) in [7, 11) is 0. The minimum Gasteiger partial charge on any atom is -0.436 e. The molecule has 2 aromatic rings. The van der Waals surface area contributed by atoms with E-state index in [0.29, 0.717) is 4.47 Å². The van der Waals surface area contributed by atoms with E-state index in [1.165, 1.54) is 24.4 Å². The van der Waals surface area contributed by atoms with E-state index in [1.807, 2.05) is 0 Å². The molecule has 6 heteroatoms. The molecule has 1 N–H and O–H groups in total. The van der Waals surface area contributed by atoms with Gasteiger partial charge in [-0.15, -0.1) is 0 Å². The number of hydrogen-bond donors (Lipinski definition) is 1. The molecule has 94 valence electrons. The first-order chi connectivity index (χ1) is 8.60. The van der Waals surface area contributed by atoms with Gasteiger partial charge in [0.1, 0.15) is 11.6 Å². The minimum atomic E-state index is -0.764. The zero-order chi connectivity index (χ0) is 13.1. The summed E-state index contributed by atoms with van der Waals surface area (Å²) in [5, 5.41) is 8.91. The Morgan fingerprint density at radius 1 is 1.28 bits per heavy atom. The molecule has 0 radical (unpaired) electrons. The zero-order valence-electron chi connectivity index (χ0n) is 9.03. The highest BCUT2D eigenvalue weighted by molar-refractivity contribution is 9.10. The first kappa shape index (κ1) is 12.9. The van der Waals surface area contributed by atoms with Crippen LogP contribution in [0.4, 0.5) is 8.78 Å². The van der Waals surface area contributed by atoms with Crippen LogP contribution in [0.15, 0.2) is 34.9 Å². The molecule has 0 aliphatic rings. The summed E-state index contributed by atoms with van der Waals surface area (Å²) in [6.07, 6.45) is 1.30. The molecule has 0 amide bonds. The maximum Gasteiger partial charge on any atom is 0.256 e. The molecule has 0 atom stereocenters. The molecule has 0 fully saturated rings. The standard InChI is InChI=1S/C12H8BrF2NO2/c13-8-3-9(14)5-10(4-8)18-12-11(15)7(6-17)1-2-16-12/h1-5,17H,6H2. The van der Waals surface area contributed by atoms with Crippen LogP contribution in [-0.4, -0.2) is 10.1 Å². The summed E-state index contributed by atoms with van der Waals surface area (Å²) in [5.41, 5.74) is 0.0652. The van der Waals surface area contributed by atoms with Crippen molar-refractivity contribution in [3.63, 3.8) is 0 Å². The van der Waals surface area contributed by atoms with Crippen LogP contribution in [0.5, 0.6) is 11.6 Å². The van der Waals surface area contributed by atoms with Gasteiger partial charge in [0.2, 0.25) is 0 Å². The molecule has 1 heterocycles. The number of rotatable bonds is 3. The van der Waals surface area contributed by atoms with Gasteiger partial charge < -0.3 is 9.84 Å². The Morgan fingerprint density at radius 2 is 2.06 bits per heavy atom. The Bertz CT molecular complexity index is 558. The van der Waals surface area contributed by atoms with Gasteiger partial charge in [-0.2, -0.15) is 0 Å². The van der Waals surface area contributed by atoms with Crippen LogP contribution in [-0.2, 0) is 6.61 Å². The van der Waals surface area contributed by atoms with Crippen LogP contribution in [0.3, 0.4) is 0 Å². The average Bonchev–Trinajstić information content (AvgIpc) is 2.30. The smallest absolute Gasteiger partial charge is 0.256 e. The van der Waals surface area contributed by atoms with Gasteiger partial charge in [-0.25, -0.2) is 13.8 Å². The number of aliphatic hydroxyl groups excluding tert-OH is 1. The summed E-state index contributed by atoms with van der Waals surface area (Å²) in [6, 6.07) is 5.18. The van der Waals surface area contributed by atoms with Crippen LogP contribution < -0.4 is 4.74 Å². The lowest BCUT2D eigenvalue weighted by Gasteiger charge is -2.08. The van der Waals surface area contributed by atoms with Crippen molar-refractivity contribution in [2.24, 2.45) is 0 Å². The van der Waals surface area contributed by atoms with Crippen molar-refractivity contribution in [1.82, 2.24) is 4.98 Å². The highest BCUT2D eigenvalue weighted by Gasteiger charge is 2.11. The number of ether oxygens (including phenoxy) is 1. The normalized spacial score (nSPS) is 10.4. The molecule has 2 rings (SSSR count). The quantitative estimate of drug-likeness (QED) is 0.943. The van der Waals surface area contributed by atoms with E-state index in [0.717, 1.165) is 6.07 Å². The van der Waals surface area contributed by atoms with Gasteiger partial charge in [0.25, 0.3) is 5.88 Å². The molecule has 0 saturated carbocycles. The van der Waals surface area contributed by atoms with Gasteiger partial charge in [0.15, 0.2) is 5.82 Å². The van der Waals surface area contributed by atoms with Gasteiger partial charge in [0, 0.05) is 22.3 Å². The fraction of sp³-hybridized carbons (Fsp3) is 0.0833. The molecule has 3 nitrogen and oxygen atoms in total. The predicted molar refractivity (Wildman–Crippen MR) is 64.3 cm³/mol. The molecule has 0 bridgehead atoms. The van der Waals surface area contributed by atoms with E-state index < -0.39 is 18.2 Å². The van der Waals surface area contributed by atoms with E-state index >= 15 is 0 Å². The van der Waals surface area contributed by atoms with Crippen molar-refractivity contribution >= 4 is 15.9 Å². The number of nitrogens with zero attached hydrogens (tertiary/aromatic N) is 1. The Morgan fingerprint density at radius 3 is 2.72 bits per heavy atom. The highest BCUT2D eigenvalue weighted by Crippen LogP contribution is 2.27. The maximum absolute atomic E-state index is 13.7. The monoisotopic (exact) mass is 315 g/mol. The van der Waals surface area contributed by atoms with Crippen molar-refractivity contribution in [2.45, 2.75) is 6.61 Å². The third-order valence-electron chi connectivity index (χ3n) is 2.16. The van der Waals surface area contributed by atoms with Crippen LogP contribution in [0, 0.1) is 11.6 Å². The molecule has 0 saturated heterocycles. The molecule has 18 heavy (non-hydrogen) atoms. The summed E-state index contributed by atoms with van der Waals surface area (Å²) >= 11 is 3.10.